The van der Waals surface area contributed by atoms with Crippen LogP contribution < -0.4 is 9.47 Å². The van der Waals surface area contributed by atoms with Gasteiger partial charge in [0.25, 0.3) is 0 Å². The third-order valence-corrected chi connectivity index (χ3v) is 8.28. The Kier molecular flexibility index (Phi) is 4.74. The molecule has 0 saturated heterocycles. The number of benzene rings is 3. The largest absolute Gasteiger partial charge is 0.478 e. The quantitative estimate of drug-likeness (QED) is 0.445. The maximum absolute atomic E-state index is 11.4. The number of ether oxygens (including phenoxy) is 2. The van der Waals surface area contributed by atoms with E-state index < -0.39 is 5.97 Å². The average Bonchev–Trinajstić information content (AvgIpc) is 3.24. The van der Waals surface area contributed by atoms with Crippen molar-refractivity contribution in [3.05, 3.63) is 59.7 Å². The Morgan fingerprint density at radius 1 is 0.941 bits per heavy atom. The van der Waals surface area contributed by atoms with Crippen LogP contribution in [0.2, 0.25) is 0 Å². The third-order valence-electron chi connectivity index (χ3n) is 8.28. The van der Waals surface area contributed by atoms with Gasteiger partial charge < -0.3 is 14.6 Å². The molecule has 0 amide bonds. The summed E-state index contributed by atoms with van der Waals surface area (Å²) < 4.78 is 12.0. The summed E-state index contributed by atoms with van der Waals surface area (Å²) in [5.41, 5.74) is 4.31. The standard InChI is InChI=1S/C30H32O4/c1-18-8-19-14-29(2,3)16-30(13-18,15-19)25-11-24(12-26-27(25)34-17-33-26)22-5-4-21-10-23(28(31)32)7-6-20(21)9-22/h4-7,9-12,18-19H,8,13-17H2,1-3H3,(H,31,32). The average molecular weight is 457 g/mol. The topological polar surface area (TPSA) is 55.8 Å². The molecule has 176 valence electrons. The van der Waals surface area contributed by atoms with E-state index in [2.05, 4.69) is 45.0 Å². The van der Waals surface area contributed by atoms with Crippen LogP contribution in [0.4, 0.5) is 0 Å². The number of carboxylic acids is 1. The Balaban J connectivity index is 1.49. The van der Waals surface area contributed by atoms with Crippen LogP contribution in [0.5, 0.6) is 11.5 Å². The van der Waals surface area contributed by atoms with Gasteiger partial charge in [-0.2, -0.15) is 0 Å². The first-order valence-electron chi connectivity index (χ1n) is 12.4. The molecule has 34 heavy (non-hydrogen) atoms. The lowest BCUT2D eigenvalue weighted by Gasteiger charge is -2.54. The van der Waals surface area contributed by atoms with Crippen LogP contribution in [0.1, 0.15) is 68.8 Å². The molecular formula is C30H32O4. The molecule has 3 aliphatic rings. The number of carboxylic acid groups (broad SMARTS) is 1. The number of carbonyl (C=O) groups is 1. The van der Waals surface area contributed by atoms with Crippen molar-refractivity contribution < 1.29 is 19.4 Å². The lowest BCUT2D eigenvalue weighted by molar-refractivity contribution is 0.0292. The van der Waals surface area contributed by atoms with Crippen molar-refractivity contribution in [1.29, 1.82) is 0 Å². The van der Waals surface area contributed by atoms with E-state index in [1.807, 2.05) is 12.1 Å². The van der Waals surface area contributed by atoms with Crippen molar-refractivity contribution in [3.63, 3.8) is 0 Å². The fourth-order valence-electron chi connectivity index (χ4n) is 7.55. The second-order valence-corrected chi connectivity index (χ2v) is 11.8. The maximum Gasteiger partial charge on any atom is 0.335 e. The molecule has 4 nitrogen and oxygen atoms in total. The van der Waals surface area contributed by atoms with Gasteiger partial charge in [-0.25, -0.2) is 4.79 Å². The molecule has 0 radical (unpaired) electrons. The summed E-state index contributed by atoms with van der Waals surface area (Å²) in [6.45, 7) is 7.55. The summed E-state index contributed by atoms with van der Waals surface area (Å²) in [5, 5.41) is 11.3. The van der Waals surface area contributed by atoms with Crippen molar-refractivity contribution in [2.45, 2.75) is 58.3 Å². The monoisotopic (exact) mass is 456 g/mol. The molecule has 1 aliphatic heterocycles. The summed E-state index contributed by atoms with van der Waals surface area (Å²) in [6.07, 6.45) is 6.24. The van der Waals surface area contributed by atoms with Crippen LogP contribution in [0.15, 0.2) is 48.5 Å². The Morgan fingerprint density at radius 3 is 2.56 bits per heavy atom. The van der Waals surface area contributed by atoms with E-state index in [9.17, 15) is 9.90 Å². The molecule has 6 rings (SSSR count). The van der Waals surface area contributed by atoms with E-state index in [4.69, 9.17) is 9.47 Å². The van der Waals surface area contributed by atoms with Crippen LogP contribution in [0.25, 0.3) is 21.9 Å². The van der Waals surface area contributed by atoms with E-state index in [1.54, 1.807) is 12.1 Å². The van der Waals surface area contributed by atoms with Crippen LogP contribution in [-0.2, 0) is 5.41 Å². The zero-order chi connectivity index (χ0) is 23.7. The SMILES string of the molecule is CC1CC2CC(C)(C)CC(c3cc(-c4ccc5cc(C(=O)O)ccc5c4)cc4c3OCO4)(C1)C2. The zero-order valence-corrected chi connectivity index (χ0v) is 20.2. The van der Waals surface area contributed by atoms with Gasteiger partial charge in [-0.05, 0) is 102 Å². The molecule has 4 heteroatoms. The smallest absolute Gasteiger partial charge is 0.335 e. The molecule has 1 heterocycles. The highest BCUT2D eigenvalue weighted by molar-refractivity contribution is 5.95. The minimum Gasteiger partial charge on any atom is -0.478 e. The number of hydrogen-bond donors (Lipinski definition) is 1. The van der Waals surface area contributed by atoms with Gasteiger partial charge in [0, 0.05) is 11.0 Å². The van der Waals surface area contributed by atoms with Crippen LogP contribution in [-0.4, -0.2) is 17.9 Å². The number of aromatic carboxylic acids is 1. The highest BCUT2D eigenvalue weighted by atomic mass is 16.7. The maximum atomic E-state index is 11.4. The van der Waals surface area contributed by atoms with Crippen molar-refractivity contribution in [2.75, 3.05) is 6.79 Å². The molecule has 3 aromatic carbocycles. The summed E-state index contributed by atoms with van der Waals surface area (Å²) in [4.78, 5) is 11.4. The molecule has 2 saturated carbocycles. The highest BCUT2D eigenvalue weighted by Gasteiger charge is 2.50. The third kappa shape index (κ3) is 3.55. The van der Waals surface area contributed by atoms with E-state index in [0.717, 1.165) is 39.3 Å². The molecule has 0 spiro atoms. The predicted molar refractivity (Wildman–Crippen MR) is 134 cm³/mol. The Bertz CT molecular complexity index is 1300. The van der Waals surface area contributed by atoms with Gasteiger partial charge in [-0.15, -0.1) is 0 Å². The molecule has 3 atom stereocenters. The van der Waals surface area contributed by atoms with Gasteiger partial charge in [-0.3, -0.25) is 0 Å². The van der Waals surface area contributed by atoms with E-state index >= 15 is 0 Å². The lowest BCUT2D eigenvalue weighted by Crippen LogP contribution is -2.45. The van der Waals surface area contributed by atoms with Gasteiger partial charge in [0.05, 0.1) is 5.56 Å². The van der Waals surface area contributed by atoms with Crippen molar-refractivity contribution in [1.82, 2.24) is 0 Å². The molecule has 2 aliphatic carbocycles. The van der Waals surface area contributed by atoms with Crippen LogP contribution >= 0.6 is 0 Å². The molecule has 1 N–H and O–H groups in total. The number of fused-ring (bicyclic) bond motifs is 4. The molecule has 0 aromatic heterocycles. The van der Waals surface area contributed by atoms with Crippen molar-refractivity contribution in [2.24, 2.45) is 17.3 Å². The van der Waals surface area contributed by atoms with Gasteiger partial charge >= 0.3 is 5.97 Å². The van der Waals surface area contributed by atoms with Gasteiger partial charge in [0.1, 0.15) is 0 Å². The Morgan fingerprint density at radius 2 is 1.74 bits per heavy atom. The molecule has 2 fully saturated rings. The molecule has 2 bridgehead atoms. The normalized spacial score (nSPS) is 27.0. The number of hydrogen-bond acceptors (Lipinski definition) is 3. The van der Waals surface area contributed by atoms with E-state index in [-0.39, 0.29) is 12.2 Å². The predicted octanol–water partition coefficient (Wildman–Crippen LogP) is 7.43. The highest BCUT2D eigenvalue weighted by Crippen LogP contribution is 2.61. The summed E-state index contributed by atoms with van der Waals surface area (Å²) in [5.74, 6) is 2.36. The lowest BCUT2D eigenvalue weighted by atomic mass is 9.51. The minimum atomic E-state index is -0.902. The Hall–Kier alpha value is -3.01. The minimum absolute atomic E-state index is 0.116. The van der Waals surface area contributed by atoms with Gasteiger partial charge in [0.15, 0.2) is 11.5 Å². The first kappa shape index (κ1) is 21.5. The first-order chi connectivity index (χ1) is 16.2. The fourth-order valence-corrected chi connectivity index (χ4v) is 7.55. The van der Waals surface area contributed by atoms with Crippen molar-refractivity contribution in [3.8, 4) is 22.6 Å². The second kappa shape index (κ2) is 7.49. The fraction of sp³-hybridized carbons (Fsp3) is 0.433. The Labute approximate surface area is 200 Å². The van der Waals surface area contributed by atoms with Crippen molar-refractivity contribution >= 4 is 16.7 Å². The van der Waals surface area contributed by atoms with E-state index in [1.165, 1.54) is 37.7 Å². The first-order valence-corrected chi connectivity index (χ1v) is 12.4. The zero-order valence-electron chi connectivity index (χ0n) is 20.2. The van der Waals surface area contributed by atoms with Gasteiger partial charge in [0.2, 0.25) is 6.79 Å². The summed E-state index contributed by atoms with van der Waals surface area (Å²) in [7, 11) is 0. The van der Waals surface area contributed by atoms with E-state index in [0.29, 0.717) is 16.9 Å². The van der Waals surface area contributed by atoms with Crippen LogP contribution in [0, 0.1) is 17.3 Å². The van der Waals surface area contributed by atoms with Crippen LogP contribution in [0.3, 0.4) is 0 Å². The molecule has 3 aromatic rings. The molecular weight excluding hydrogens is 424 g/mol. The number of rotatable bonds is 3. The van der Waals surface area contributed by atoms with Gasteiger partial charge in [-0.1, -0.05) is 39.0 Å². The summed E-state index contributed by atoms with van der Waals surface area (Å²) in [6, 6.07) is 16.0. The second-order valence-electron chi connectivity index (χ2n) is 11.8. The summed E-state index contributed by atoms with van der Waals surface area (Å²) >= 11 is 0. The molecule has 3 unspecified atom stereocenters.